The van der Waals surface area contributed by atoms with Crippen LogP contribution in [0.5, 0.6) is 0 Å². The smallest absolute Gasteiger partial charge is 0.274 e. The molecule has 0 bridgehead atoms. The maximum Gasteiger partial charge on any atom is 0.274 e. The maximum atomic E-state index is 12.8. The number of hydrogen-bond acceptors (Lipinski definition) is 3. The number of amides is 1. The minimum atomic E-state index is -0.275. The fourth-order valence-corrected chi connectivity index (χ4v) is 3.74. The Morgan fingerprint density at radius 2 is 1.96 bits per heavy atom. The summed E-state index contributed by atoms with van der Waals surface area (Å²) in [5.41, 5.74) is 1.62. The molecule has 5 nitrogen and oxygen atoms in total. The standard InChI is InChI=1S/C19H31N3O2/c1-19(2,3)22-16(13-9-10-13)11-15(20-22)18(24)21(4)12-14-7-5-6-8-17(14)23/h11,13-14,17,23H,5-10,12H2,1-4H3. The molecular formula is C19H31N3O2. The number of aromatic nitrogens is 2. The summed E-state index contributed by atoms with van der Waals surface area (Å²) >= 11 is 0. The van der Waals surface area contributed by atoms with Crippen LogP contribution in [0.3, 0.4) is 0 Å². The van der Waals surface area contributed by atoms with Gasteiger partial charge < -0.3 is 10.0 Å². The highest BCUT2D eigenvalue weighted by molar-refractivity contribution is 5.92. The Balaban J connectivity index is 1.74. The van der Waals surface area contributed by atoms with Crippen LogP contribution in [0.15, 0.2) is 6.07 Å². The molecule has 0 radical (unpaired) electrons. The van der Waals surface area contributed by atoms with Crippen LogP contribution in [-0.2, 0) is 5.54 Å². The van der Waals surface area contributed by atoms with E-state index in [1.165, 1.54) is 18.5 Å². The molecular weight excluding hydrogens is 302 g/mol. The fourth-order valence-electron chi connectivity index (χ4n) is 3.74. The lowest BCUT2D eigenvalue weighted by Crippen LogP contribution is -2.38. The Hall–Kier alpha value is -1.36. The molecule has 1 amide bonds. The van der Waals surface area contributed by atoms with Crippen molar-refractivity contribution < 1.29 is 9.90 Å². The van der Waals surface area contributed by atoms with E-state index in [2.05, 4.69) is 25.9 Å². The van der Waals surface area contributed by atoms with Gasteiger partial charge in [-0.25, -0.2) is 0 Å². The molecule has 2 fully saturated rings. The summed E-state index contributed by atoms with van der Waals surface area (Å²) in [6.07, 6.45) is 6.21. The lowest BCUT2D eigenvalue weighted by molar-refractivity contribution is 0.0448. The van der Waals surface area contributed by atoms with E-state index in [-0.39, 0.29) is 23.5 Å². The first-order valence-electron chi connectivity index (χ1n) is 9.31. The normalized spacial score (nSPS) is 24.9. The van der Waals surface area contributed by atoms with Crippen molar-refractivity contribution in [2.24, 2.45) is 5.92 Å². The predicted octanol–water partition coefficient (Wildman–Crippen LogP) is 3.14. The van der Waals surface area contributed by atoms with E-state index in [0.717, 1.165) is 25.7 Å². The van der Waals surface area contributed by atoms with E-state index < -0.39 is 0 Å². The van der Waals surface area contributed by atoms with Crippen LogP contribution in [0.2, 0.25) is 0 Å². The molecule has 2 aliphatic carbocycles. The summed E-state index contributed by atoms with van der Waals surface area (Å²) in [7, 11) is 1.83. The molecule has 2 aliphatic rings. The molecule has 24 heavy (non-hydrogen) atoms. The molecule has 1 aromatic rings. The average molecular weight is 333 g/mol. The van der Waals surface area contributed by atoms with Crippen LogP contribution >= 0.6 is 0 Å². The third-order valence-electron chi connectivity index (χ3n) is 5.31. The van der Waals surface area contributed by atoms with Gasteiger partial charge in [0.15, 0.2) is 5.69 Å². The highest BCUT2D eigenvalue weighted by atomic mass is 16.3. The first kappa shape index (κ1) is 17.5. The van der Waals surface area contributed by atoms with Crippen molar-refractivity contribution in [2.75, 3.05) is 13.6 Å². The topological polar surface area (TPSA) is 58.4 Å². The maximum absolute atomic E-state index is 12.8. The Labute approximate surface area is 145 Å². The molecule has 0 aliphatic heterocycles. The van der Waals surface area contributed by atoms with E-state index in [0.29, 0.717) is 18.2 Å². The van der Waals surface area contributed by atoms with E-state index in [1.807, 2.05) is 17.8 Å². The molecule has 134 valence electrons. The van der Waals surface area contributed by atoms with Crippen molar-refractivity contribution in [3.8, 4) is 0 Å². The highest BCUT2D eigenvalue weighted by Gasteiger charge is 2.33. The minimum absolute atomic E-state index is 0.0299. The molecule has 2 atom stereocenters. The SMILES string of the molecule is CN(CC1CCCCC1O)C(=O)c1cc(C2CC2)n(C(C)(C)C)n1. The van der Waals surface area contributed by atoms with Gasteiger partial charge in [0.1, 0.15) is 0 Å². The van der Waals surface area contributed by atoms with Crippen LogP contribution in [0.25, 0.3) is 0 Å². The zero-order valence-corrected chi connectivity index (χ0v) is 15.5. The molecule has 2 saturated carbocycles. The molecule has 1 heterocycles. The van der Waals surface area contributed by atoms with E-state index in [4.69, 9.17) is 0 Å². The zero-order valence-electron chi connectivity index (χ0n) is 15.5. The lowest BCUT2D eigenvalue weighted by atomic mass is 9.86. The second-order valence-electron chi connectivity index (χ2n) is 8.61. The van der Waals surface area contributed by atoms with Crippen molar-refractivity contribution in [3.05, 3.63) is 17.5 Å². The van der Waals surface area contributed by atoms with Gasteiger partial charge in [-0.3, -0.25) is 9.48 Å². The van der Waals surface area contributed by atoms with Crippen LogP contribution in [0, 0.1) is 5.92 Å². The molecule has 2 unspecified atom stereocenters. The molecule has 1 N–H and O–H groups in total. The predicted molar refractivity (Wildman–Crippen MR) is 94.1 cm³/mol. The number of rotatable bonds is 4. The number of carbonyl (C=O) groups is 1. The Morgan fingerprint density at radius 3 is 2.54 bits per heavy atom. The molecule has 3 rings (SSSR count). The van der Waals surface area contributed by atoms with E-state index >= 15 is 0 Å². The Morgan fingerprint density at radius 1 is 1.29 bits per heavy atom. The number of nitrogens with zero attached hydrogens (tertiary/aromatic N) is 3. The first-order valence-corrected chi connectivity index (χ1v) is 9.31. The molecule has 1 aromatic heterocycles. The number of carbonyl (C=O) groups excluding carboxylic acids is 1. The largest absolute Gasteiger partial charge is 0.393 e. The Bertz CT molecular complexity index is 598. The molecule has 0 aromatic carbocycles. The summed E-state index contributed by atoms with van der Waals surface area (Å²) in [6, 6.07) is 1.99. The Kier molecular flexibility index (Phi) is 4.73. The monoisotopic (exact) mass is 333 g/mol. The lowest BCUT2D eigenvalue weighted by Gasteiger charge is -2.31. The van der Waals surface area contributed by atoms with Crippen LogP contribution < -0.4 is 0 Å². The summed E-state index contributed by atoms with van der Waals surface area (Å²) in [5, 5.41) is 14.8. The zero-order chi connectivity index (χ0) is 17.5. The van der Waals surface area contributed by atoms with E-state index in [9.17, 15) is 9.90 Å². The fraction of sp³-hybridized carbons (Fsp3) is 0.789. The van der Waals surface area contributed by atoms with Gasteiger partial charge in [-0.1, -0.05) is 12.8 Å². The van der Waals surface area contributed by atoms with Crippen LogP contribution in [-0.4, -0.2) is 45.4 Å². The third-order valence-corrected chi connectivity index (χ3v) is 5.31. The van der Waals surface area contributed by atoms with Gasteiger partial charge in [-0.15, -0.1) is 0 Å². The quantitative estimate of drug-likeness (QED) is 0.921. The minimum Gasteiger partial charge on any atom is -0.393 e. The van der Waals surface area contributed by atoms with Crippen LogP contribution in [0.1, 0.15) is 81.4 Å². The van der Waals surface area contributed by atoms with Crippen molar-refractivity contribution in [2.45, 2.75) is 76.9 Å². The van der Waals surface area contributed by atoms with Crippen molar-refractivity contribution >= 4 is 5.91 Å². The van der Waals surface area contributed by atoms with E-state index in [1.54, 1.807) is 4.90 Å². The van der Waals surface area contributed by atoms with Gasteiger partial charge in [-0.05, 0) is 52.5 Å². The van der Waals surface area contributed by atoms with Gasteiger partial charge >= 0.3 is 0 Å². The number of hydrogen-bond donors (Lipinski definition) is 1. The molecule has 5 heteroatoms. The van der Waals surface area contributed by atoms with Crippen molar-refractivity contribution in [1.29, 1.82) is 0 Å². The molecule has 0 saturated heterocycles. The van der Waals surface area contributed by atoms with Crippen molar-refractivity contribution in [1.82, 2.24) is 14.7 Å². The first-order chi connectivity index (χ1) is 11.3. The second-order valence-corrected chi connectivity index (χ2v) is 8.61. The van der Waals surface area contributed by atoms with Gasteiger partial charge in [0.25, 0.3) is 5.91 Å². The third kappa shape index (κ3) is 3.66. The average Bonchev–Trinajstić information content (AvgIpc) is 3.26. The van der Waals surface area contributed by atoms with Gasteiger partial charge in [0.05, 0.1) is 11.6 Å². The number of aliphatic hydroxyl groups is 1. The number of aliphatic hydroxyl groups excluding tert-OH is 1. The second kappa shape index (κ2) is 6.51. The van der Waals surface area contributed by atoms with Gasteiger partial charge in [-0.2, -0.15) is 5.10 Å². The highest BCUT2D eigenvalue weighted by Crippen LogP contribution is 2.41. The van der Waals surface area contributed by atoms with Gasteiger partial charge in [0.2, 0.25) is 0 Å². The molecule has 0 spiro atoms. The van der Waals surface area contributed by atoms with Crippen molar-refractivity contribution in [3.63, 3.8) is 0 Å². The van der Waals surface area contributed by atoms with Gasteiger partial charge in [0, 0.05) is 31.1 Å². The summed E-state index contributed by atoms with van der Waals surface area (Å²) in [5.74, 6) is 0.724. The summed E-state index contributed by atoms with van der Waals surface area (Å²) in [6.45, 7) is 6.99. The van der Waals surface area contributed by atoms with Crippen LogP contribution in [0.4, 0.5) is 0 Å². The summed E-state index contributed by atoms with van der Waals surface area (Å²) < 4.78 is 2.03. The summed E-state index contributed by atoms with van der Waals surface area (Å²) in [4.78, 5) is 14.6.